The fraction of sp³-hybridized carbons (Fsp3) is 0.889. The van der Waals surface area contributed by atoms with Gasteiger partial charge in [-0.25, -0.2) is 8.42 Å². The minimum Gasteiger partial charge on any atom is -0.212 e. The van der Waals surface area contributed by atoms with Crippen LogP contribution in [0.15, 0.2) is 0 Å². The zero-order valence-electron chi connectivity index (χ0n) is 8.60. The monoisotopic (exact) mass is 216 g/mol. The predicted octanol–water partition coefficient (Wildman–Crippen LogP) is 1.10. The van der Waals surface area contributed by atoms with Crippen LogP contribution in [0.3, 0.4) is 0 Å². The van der Waals surface area contributed by atoms with Gasteiger partial charge in [-0.1, -0.05) is 0 Å². The molecule has 1 aliphatic carbocycles. The van der Waals surface area contributed by atoms with Crippen LogP contribution >= 0.6 is 0 Å². The van der Waals surface area contributed by atoms with Crippen molar-refractivity contribution in [2.75, 3.05) is 6.54 Å². The molecule has 0 aliphatic heterocycles. The quantitative estimate of drug-likeness (QED) is 0.691. The summed E-state index contributed by atoms with van der Waals surface area (Å²) in [6.45, 7) is 3.70. The Morgan fingerprint density at radius 2 is 2.07 bits per heavy atom. The number of rotatable bonds is 5. The Morgan fingerprint density at radius 1 is 1.50 bits per heavy atom. The summed E-state index contributed by atoms with van der Waals surface area (Å²) in [6, 6.07) is 2.15. The second-order valence-electron chi connectivity index (χ2n) is 3.84. The Kier molecular flexibility index (Phi) is 3.51. The van der Waals surface area contributed by atoms with E-state index in [0.29, 0.717) is 6.54 Å². The first-order chi connectivity index (χ1) is 6.50. The first-order valence-corrected chi connectivity index (χ1v) is 6.38. The summed E-state index contributed by atoms with van der Waals surface area (Å²) in [5, 5.41) is 8.06. The van der Waals surface area contributed by atoms with Gasteiger partial charge in [0.05, 0.1) is 11.3 Å². The minimum atomic E-state index is -3.17. The lowest BCUT2D eigenvalue weighted by Crippen LogP contribution is -2.38. The van der Waals surface area contributed by atoms with Gasteiger partial charge in [-0.2, -0.15) is 9.57 Å². The van der Waals surface area contributed by atoms with E-state index in [0.717, 1.165) is 12.8 Å². The Balaban J connectivity index is 2.72. The van der Waals surface area contributed by atoms with E-state index < -0.39 is 10.0 Å². The number of hydrogen-bond donors (Lipinski definition) is 0. The molecule has 0 radical (unpaired) electrons. The number of sulfonamides is 1. The molecule has 0 N–H and O–H groups in total. The minimum absolute atomic E-state index is 0.163. The van der Waals surface area contributed by atoms with E-state index in [-0.39, 0.29) is 17.7 Å². The number of nitrogens with zero attached hydrogens (tertiary/aromatic N) is 2. The van der Waals surface area contributed by atoms with Crippen LogP contribution in [-0.2, 0) is 10.0 Å². The van der Waals surface area contributed by atoms with Gasteiger partial charge >= 0.3 is 0 Å². The van der Waals surface area contributed by atoms with E-state index in [4.69, 9.17) is 5.26 Å². The van der Waals surface area contributed by atoms with Crippen molar-refractivity contribution in [3.8, 4) is 6.07 Å². The summed E-state index contributed by atoms with van der Waals surface area (Å²) in [7, 11) is -3.17. The summed E-state index contributed by atoms with van der Waals surface area (Å²) in [5.74, 6) is 0. The molecule has 0 bridgehead atoms. The Hall–Kier alpha value is -0.600. The zero-order chi connectivity index (χ0) is 10.8. The highest BCUT2D eigenvalue weighted by Crippen LogP contribution is 2.30. The van der Waals surface area contributed by atoms with Gasteiger partial charge in [0.15, 0.2) is 0 Å². The maximum Gasteiger partial charge on any atom is 0.216 e. The summed E-state index contributed by atoms with van der Waals surface area (Å²) in [4.78, 5) is 0. The van der Waals surface area contributed by atoms with Gasteiger partial charge in [0.2, 0.25) is 10.0 Å². The van der Waals surface area contributed by atoms with Crippen molar-refractivity contribution in [2.24, 2.45) is 0 Å². The van der Waals surface area contributed by atoms with Gasteiger partial charge in [-0.15, -0.1) is 0 Å². The van der Waals surface area contributed by atoms with Crippen LogP contribution in [0.1, 0.15) is 33.1 Å². The lowest BCUT2D eigenvalue weighted by atomic mass is 10.4. The van der Waals surface area contributed by atoms with Crippen molar-refractivity contribution in [3.05, 3.63) is 0 Å². The van der Waals surface area contributed by atoms with Crippen molar-refractivity contribution in [1.82, 2.24) is 4.31 Å². The zero-order valence-corrected chi connectivity index (χ0v) is 9.42. The van der Waals surface area contributed by atoms with E-state index >= 15 is 0 Å². The first-order valence-electron chi connectivity index (χ1n) is 4.87. The second kappa shape index (κ2) is 4.28. The van der Waals surface area contributed by atoms with Crippen LogP contribution in [-0.4, -0.2) is 30.6 Å². The maximum absolute atomic E-state index is 11.8. The van der Waals surface area contributed by atoms with E-state index in [1.807, 2.05) is 6.07 Å². The summed E-state index contributed by atoms with van der Waals surface area (Å²) < 4.78 is 25.2. The van der Waals surface area contributed by atoms with Crippen molar-refractivity contribution in [2.45, 2.75) is 44.4 Å². The maximum atomic E-state index is 11.8. The molecular weight excluding hydrogens is 200 g/mol. The standard InChI is InChI=1S/C9H16N2O2S/c1-8(2)14(12,13)11(7-3-6-10)9-4-5-9/h8-9H,3-5,7H2,1-2H3. The van der Waals surface area contributed by atoms with Gasteiger partial charge in [0.1, 0.15) is 0 Å². The van der Waals surface area contributed by atoms with Crippen molar-refractivity contribution >= 4 is 10.0 Å². The molecule has 80 valence electrons. The average Bonchev–Trinajstić information content (AvgIpc) is 2.88. The normalized spacial score (nSPS) is 17.4. The van der Waals surface area contributed by atoms with Gasteiger partial charge in [0, 0.05) is 19.0 Å². The van der Waals surface area contributed by atoms with E-state index in [2.05, 4.69) is 0 Å². The van der Waals surface area contributed by atoms with Crippen LogP contribution in [0.2, 0.25) is 0 Å². The Bertz CT molecular complexity index is 325. The SMILES string of the molecule is CC(C)S(=O)(=O)N(CCC#N)C1CC1. The highest BCUT2D eigenvalue weighted by Gasteiger charge is 2.37. The molecule has 0 aromatic heterocycles. The fourth-order valence-electron chi connectivity index (χ4n) is 1.31. The molecular formula is C9H16N2O2S. The molecule has 5 heteroatoms. The molecule has 4 nitrogen and oxygen atoms in total. The molecule has 1 saturated carbocycles. The smallest absolute Gasteiger partial charge is 0.212 e. The van der Waals surface area contributed by atoms with Crippen LogP contribution < -0.4 is 0 Å². The third-order valence-electron chi connectivity index (χ3n) is 2.32. The van der Waals surface area contributed by atoms with E-state index in [1.165, 1.54) is 4.31 Å². The third-order valence-corrected chi connectivity index (χ3v) is 4.65. The molecule has 0 aromatic carbocycles. The molecule has 1 rings (SSSR count). The van der Waals surface area contributed by atoms with Gasteiger partial charge in [0.25, 0.3) is 0 Å². The molecule has 1 fully saturated rings. The topological polar surface area (TPSA) is 61.2 Å². The first kappa shape index (κ1) is 11.5. The lowest BCUT2D eigenvalue weighted by Gasteiger charge is -2.22. The molecule has 0 saturated heterocycles. The highest BCUT2D eigenvalue weighted by molar-refractivity contribution is 7.89. The van der Waals surface area contributed by atoms with Crippen LogP contribution in [0, 0.1) is 11.3 Å². The van der Waals surface area contributed by atoms with Crippen LogP contribution in [0.25, 0.3) is 0 Å². The van der Waals surface area contributed by atoms with Gasteiger partial charge in [-0.05, 0) is 26.7 Å². The lowest BCUT2D eigenvalue weighted by molar-refractivity contribution is 0.406. The van der Waals surface area contributed by atoms with Crippen LogP contribution in [0.4, 0.5) is 0 Å². The molecule has 0 heterocycles. The average molecular weight is 216 g/mol. The second-order valence-corrected chi connectivity index (χ2v) is 6.29. The molecule has 0 unspecified atom stereocenters. The number of hydrogen-bond acceptors (Lipinski definition) is 3. The molecule has 0 spiro atoms. The third kappa shape index (κ3) is 2.46. The Labute approximate surface area is 85.6 Å². The fourth-order valence-corrected chi connectivity index (χ4v) is 2.82. The van der Waals surface area contributed by atoms with Crippen molar-refractivity contribution in [3.63, 3.8) is 0 Å². The van der Waals surface area contributed by atoms with E-state index in [1.54, 1.807) is 13.8 Å². The van der Waals surface area contributed by atoms with Crippen molar-refractivity contribution in [1.29, 1.82) is 5.26 Å². The molecule has 0 atom stereocenters. The molecule has 14 heavy (non-hydrogen) atoms. The summed E-state index contributed by atoms with van der Waals surface area (Å²) >= 11 is 0. The Morgan fingerprint density at radius 3 is 2.43 bits per heavy atom. The van der Waals surface area contributed by atoms with Crippen molar-refractivity contribution < 1.29 is 8.42 Å². The molecule has 0 aromatic rings. The molecule has 1 aliphatic rings. The van der Waals surface area contributed by atoms with Gasteiger partial charge in [-0.3, -0.25) is 0 Å². The van der Waals surface area contributed by atoms with E-state index in [9.17, 15) is 8.42 Å². The molecule has 0 amide bonds. The summed E-state index contributed by atoms with van der Waals surface area (Å²) in [5.41, 5.74) is 0. The van der Waals surface area contributed by atoms with Gasteiger partial charge < -0.3 is 0 Å². The summed E-state index contributed by atoms with van der Waals surface area (Å²) in [6.07, 6.45) is 2.16. The predicted molar refractivity (Wildman–Crippen MR) is 54.0 cm³/mol. The largest absolute Gasteiger partial charge is 0.216 e. The van der Waals surface area contributed by atoms with Crippen LogP contribution in [0.5, 0.6) is 0 Å². The highest BCUT2D eigenvalue weighted by atomic mass is 32.2. The number of nitriles is 1.